The number of imidazole rings is 1. The Labute approximate surface area is 243 Å². The first-order valence-corrected chi connectivity index (χ1v) is 14.4. The standard InChI is InChI=1S/C33H28N4O3S/c1-23-19-27(16-15-24(23)9-8-18-36-31(38)29-13-5-6-14-30(29)32(36)39)40-22-26-21-35-33(41-28-11-3-2-4-12-28)37(26)25-10-7-17-34-20-25/h3,5-7,10-11,13-17,19-21,28H,2,4,12,18,22H2,1H3. The van der Waals surface area contributed by atoms with Gasteiger partial charge in [-0.2, -0.15) is 0 Å². The van der Waals surface area contributed by atoms with Crippen LogP contribution in [0.15, 0.2) is 90.5 Å². The molecule has 2 aliphatic rings. The molecule has 0 bridgehead atoms. The quantitative estimate of drug-likeness (QED) is 0.157. The predicted octanol–water partition coefficient (Wildman–Crippen LogP) is 6.00. The Hall–Kier alpha value is -4.61. The number of imide groups is 1. The number of amides is 2. The van der Waals surface area contributed by atoms with Gasteiger partial charge in [-0.15, -0.1) is 0 Å². The molecule has 6 rings (SSSR count). The van der Waals surface area contributed by atoms with Gasteiger partial charge in [0.15, 0.2) is 5.16 Å². The summed E-state index contributed by atoms with van der Waals surface area (Å²) in [5.41, 5.74) is 4.50. The number of pyridine rings is 1. The molecule has 1 aliphatic heterocycles. The van der Waals surface area contributed by atoms with E-state index in [4.69, 9.17) is 9.72 Å². The Morgan fingerprint density at radius 1 is 1.05 bits per heavy atom. The number of thioether (sulfide) groups is 1. The predicted molar refractivity (Wildman–Crippen MR) is 158 cm³/mol. The van der Waals surface area contributed by atoms with E-state index in [9.17, 15) is 9.59 Å². The molecule has 1 atom stereocenters. The smallest absolute Gasteiger partial charge is 0.262 e. The third kappa shape index (κ3) is 5.67. The van der Waals surface area contributed by atoms with Crippen LogP contribution < -0.4 is 4.74 Å². The van der Waals surface area contributed by atoms with E-state index >= 15 is 0 Å². The molecule has 2 aromatic carbocycles. The van der Waals surface area contributed by atoms with Crippen molar-refractivity contribution in [2.75, 3.05) is 6.54 Å². The number of carbonyl (C=O) groups excluding carboxylic acids is 2. The molecule has 2 aromatic heterocycles. The number of ether oxygens (including phenoxy) is 1. The van der Waals surface area contributed by atoms with Gasteiger partial charge in [-0.3, -0.25) is 24.0 Å². The van der Waals surface area contributed by atoms with Crippen LogP contribution in [0.3, 0.4) is 0 Å². The number of carbonyl (C=O) groups is 2. The summed E-state index contributed by atoms with van der Waals surface area (Å²) in [6.45, 7) is 2.34. The molecular weight excluding hydrogens is 532 g/mol. The van der Waals surface area contributed by atoms with Gasteiger partial charge in [-0.05, 0) is 74.2 Å². The van der Waals surface area contributed by atoms with Crippen LogP contribution >= 0.6 is 11.8 Å². The van der Waals surface area contributed by atoms with Gasteiger partial charge in [0.05, 0.1) is 41.4 Å². The topological polar surface area (TPSA) is 77.3 Å². The Kier molecular flexibility index (Phi) is 7.70. The summed E-state index contributed by atoms with van der Waals surface area (Å²) in [5, 5.41) is 1.33. The van der Waals surface area contributed by atoms with Crippen molar-refractivity contribution in [1.29, 1.82) is 0 Å². The zero-order chi connectivity index (χ0) is 28.2. The number of rotatable bonds is 7. The van der Waals surface area contributed by atoms with Gasteiger partial charge in [0.25, 0.3) is 11.8 Å². The lowest BCUT2D eigenvalue weighted by Crippen LogP contribution is -2.30. The maximum atomic E-state index is 12.6. The molecule has 1 unspecified atom stereocenters. The van der Waals surface area contributed by atoms with Gasteiger partial charge in [0, 0.05) is 17.0 Å². The van der Waals surface area contributed by atoms with Gasteiger partial charge in [0.2, 0.25) is 0 Å². The van der Waals surface area contributed by atoms with Gasteiger partial charge < -0.3 is 4.74 Å². The Morgan fingerprint density at radius 2 is 1.88 bits per heavy atom. The fourth-order valence-corrected chi connectivity index (χ4v) is 6.14. The molecule has 0 fully saturated rings. The van der Waals surface area contributed by atoms with Crippen molar-refractivity contribution >= 4 is 23.6 Å². The fourth-order valence-electron chi connectivity index (χ4n) is 4.95. The van der Waals surface area contributed by atoms with E-state index < -0.39 is 0 Å². The van der Waals surface area contributed by atoms with Crippen LogP contribution in [0.25, 0.3) is 5.69 Å². The molecule has 7 nitrogen and oxygen atoms in total. The molecule has 0 radical (unpaired) electrons. The van der Waals surface area contributed by atoms with Crippen molar-refractivity contribution in [3.8, 4) is 23.3 Å². The highest BCUT2D eigenvalue weighted by atomic mass is 32.2. The second kappa shape index (κ2) is 11.9. The molecule has 8 heteroatoms. The lowest BCUT2D eigenvalue weighted by atomic mass is 10.1. The molecule has 2 amide bonds. The Morgan fingerprint density at radius 3 is 2.59 bits per heavy atom. The molecule has 0 spiro atoms. The summed E-state index contributed by atoms with van der Waals surface area (Å²) >= 11 is 1.77. The molecule has 0 N–H and O–H groups in total. The summed E-state index contributed by atoms with van der Waals surface area (Å²) in [6, 6.07) is 16.5. The summed E-state index contributed by atoms with van der Waals surface area (Å²) in [6.07, 6.45) is 13.5. The van der Waals surface area contributed by atoms with Crippen molar-refractivity contribution in [2.24, 2.45) is 0 Å². The van der Waals surface area contributed by atoms with Crippen LogP contribution in [0.5, 0.6) is 5.75 Å². The van der Waals surface area contributed by atoms with Crippen LogP contribution in [-0.2, 0) is 6.61 Å². The highest BCUT2D eigenvalue weighted by Crippen LogP contribution is 2.32. The molecule has 1 aliphatic carbocycles. The van der Waals surface area contributed by atoms with Crippen LogP contribution in [-0.4, -0.2) is 43.0 Å². The van der Waals surface area contributed by atoms with E-state index in [0.717, 1.165) is 46.3 Å². The molecular formula is C33H28N4O3S. The monoisotopic (exact) mass is 560 g/mol. The molecule has 4 aromatic rings. The zero-order valence-corrected chi connectivity index (χ0v) is 23.4. The summed E-state index contributed by atoms with van der Waals surface area (Å²) in [4.78, 5) is 35.4. The van der Waals surface area contributed by atoms with Crippen LogP contribution in [0.4, 0.5) is 0 Å². The van der Waals surface area contributed by atoms with Crippen molar-refractivity contribution in [3.63, 3.8) is 0 Å². The highest BCUT2D eigenvalue weighted by Gasteiger charge is 2.34. The lowest BCUT2D eigenvalue weighted by Gasteiger charge is -2.17. The first-order valence-electron chi connectivity index (χ1n) is 13.6. The number of benzene rings is 2. The largest absolute Gasteiger partial charge is 0.487 e. The number of fused-ring (bicyclic) bond motifs is 1. The summed E-state index contributed by atoms with van der Waals surface area (Å²) in [5.74, 6) is 6.20. The fraction of sp³-hybridized carbons (Fsp3) is 0.212. The first kappa shape index (κ1) is 26.6. The average Bonchev–Trinajstić information content (AvgIpc) is 3.51. The molecule has 41 heavy (non-hydrogen) atoms. The van der Waals surface area contributed by atoms with Crippen molar-refractivity contribution in [1.82, 2.24) is 19.4 Å². The van der Waals surface area contributed by atoms with Gasteiger partial charge in [-0.25, -0.2) is 4.98 Å². The van der Waals surface area contributed by atoms with Crippen molar-refractivity contribution in [3.05, 3.63) is 113 Å². The lowest BCUT2D eigenvalue weighted by molar-refractivity contribution is 0.0675. The second-order valence-corrected chi connectivity index (χ2v) is 11.1. The van der Waals surface area contributed by atoms with E-state index in [0.29, 0.717) is 23.0 Å². The second-order valence-electron chi connectivity index (χ2n) is 9.90. The minimum atomic E-state index is -0.303. The summed E-state index contributed by atoms with van der Waals surface area (Å²) in [7, 11) is 0. The van der Waals surface area contributed by atoms with E-state index in [1.807, 2.05) is 49.6 Å². The van der Waals surface area contributed by atoms with E-state index in [1.54, 1.807) is 42.2 Å². The number of aromatic nitrogens is 3. The third-order valence-corrected chi connectivity index (χ3v) is 8.29. The number of allylic oxidation sites excluding steroid dienone is 1. The van der Waals surface area contributed by atoms with Crippen molar-refractivity contribution < 1.29 is 14.3 Å². The van der Waals surface area contributed by atoms with Gasteiger partial charge in [0.1, 0.15) is 12.4 Å². The average molecular weight is 561 g/mol. The molecule has 204 valence electrons. The van der Waals surface area contributed by atoms with E-state index in [1.165, 1.54) is 11.3 Å². The number of hydrogen-bond donors (Lipinski definition) is 0. The molecule has 3 heterocycles. The normalized spacial score (nSPS) is 15.9. The van der Waals surface area contributed by atoms with Crippen molar-refractivity contribution in [2.45, 2.75) is 43.2 Å². The number of nitrogens with zero attached hydrogens (tertiary/aromatic N) is 4. The number of aryl methyl sites for hydroxylation is 1. The van der Waals surface area contributed by atoms with E-state index in [-0.39, 0.29) is 18.4 Å². The van der Waals surface area contributed by atoms with Gasteiger partial charge in [-0.1, -0.05) is 47.9 Å². The minimum absolute atomic E-state index is 0.0410. The minimum Gasteiger partial charge on any atom is -0.487 e. The van der Waals surface area contributed by atoms with Crippen LogP contribution in [0, 0.1) is 18.8 Å². The summed E-state index contributed by atoms with van der Waals surface area (Å²) < 4.78 is 8.31. The first-order chi connectivity index (χ1) is 20.1. The van der Waals surface area contributed by atoms with Crippen LogP contribution in [0.1, 0.15) is 56.8 Å². The van der Waals surface area contributed by atoms with Gasteiger partial charge >= 0.3 is 0 Å². The Balaban J connectivity index is 1.14. The molecule has 0 saturated heterocycles. The maximum Gasteiger partial charge on any atom is 0.262 e. The molecule has 0 saturated carbocycles. The maximum absolute atomic E-state index is 12.6. The van der Waals surface area contributed by atoms with E-state index in [2.05, 4.69) is 33.5 Å². The number of hydrogen-bond acceptors (Lipinski definition) is 6. The Bertz CT molecular complexity index is 1670. The highest BCUT2D eigenvalue weighted by molar-refractivity contribution is 7.99. The van der Waals surface area contributed by atoms with Crippen LogP contribution in [0.2, 0.25) is 0 Å². The SMILES string of the molecule is Cc1cc(OCc2cnc(SC3C=CCCC3)n2-c2cccnc2)ccc1C#CCN1C(=O)c2ccccc2C1=O. The zero-order valence-electron chi connectivity index (χ0n) is 22.6. The third-order valence-electron chi connectivity index (χ3n) is 7.10.